The highest BCUT2D eigenvalue weighted by Crippen LogP contribution is 2.45. The summed E-state index contributed by atoms with van der Waals surface area (Å²) < 4.78 is 6.07. The second-order valence-electron chi connectivity index (χ2n) is 8.68. The molecule has 0 aromatic heterocycles. The van der Waals surface area contributed by atoms with E-state index in [0.717, 1.165) is 57.8 Å². The van der Waals surface area contributed by atoms with Gasteiger partial charge in [-0.25, -0.2) is 5.06 Å². The van der Waals surface area contributed by atoms with Crippen LogP contribution < -0.4 is 5.32 Å². The van der Waals surface area contributed by atoms with E-state index in [1.54, 1.807) is 0 Å². The SMILES string of the molecule is CCCCCC(=O)N(O)CC(=O)NC[C@@H]1[C@H](CCCCCCC(=O)O)[C@@H]2CC[C@H]1O2. The van der Waals surface area contributed by atoms with Gasteiger partial charge >= 0.3 is 5.97 Å². The lowest BCUT2D eigenvalue weighted by Gasteiger charge is -2.28. The molecule has 2 saturated heterocycles. The van der Waals surface area contributed by atoms with E-state index in [4.69, 9.17) is 9.84 Å². The fourth-order valence-electron chi connectivity index (χ4n) is 4.73. The summed E-state index contributed by atoms with van der Waals surface area (Å²) in [5.41, 5.74) is 0. The minimum Gasteiger partial charge on any atom is -0.481 e. The Labute approximate surface area is 179 Å². The molecule has 30 heavy (non-hydrogen) atoms. The normalized spacial score (nSPS) is 24.7. The quantitative estimate of drug-likeness (QED) is 0.210. The van der Waals surface area contributed by atoms with Gasteiger partial charge in [-0.1, -0.05) is 39.0 Å². The first-order valence-electron chi connectivity index (χ1n) is 11.6. The highest BCUT2D eigenvalue weighted by molar-refractivity contribution is 5.83. The molecule has 0 radical (unpaired) electrons. The van der Waals surface area contributed by atoms with Gasteiger partial charge in [0, 0.05) is 25.3 Å². The summed E-state index contributed by atoms with van der Waals surface area (Å²) in [6.45, 7) is 2.21. The molecule has 2 bridgehead atoms. The predicted octanol–water partition coefficient (Wildman–Crippen LogP) is 3.12. The third-order valence-corrected chi connectivity index (χ3v) is 6.38. The Balaban J connectivity index is 1.68. The average molecular weight is 427 g/mol. The van der Waals surface area contributed by atoms with Crippen LogP contribution in [0.15, 0.2) is 0 Å². The molecule has 3 N–H and O–H groups in total. The lowest BCUT2D eigenvalue weighted by molar-refractivity contribution is -0.169. The van der Waals surface area contributed by atoms with Crippen LogP contribution in [0, 0.1) is 11.8 Å². The van der Waals surface area contributed by atoms with Gasteiger partial charge in [0.1, 0.15) is 6.54 Å². The number of hydroxylamine groups is 2. The number of carbonyl (C=O) groups excluding carboxylic acids is 2. The van der Waals surface area contributed by atoms with Crippen molar-refractivity contribution in [2.24, 2.45) is 11.8 Å². The Morgan fingerprint density at radius 1 is 0.967 bits per heavy atom. The summed E-state index contributed by atoms with van der Waals surface area (Å²) in [7, 11) is 0. The van der Waals surface area contributed by atoms with Crippen molar-refractivity contribution in [1.82, 2.24) is 10.4 Å². The molecule has 2 rings (SSSR count). The van der Waals surface area contributed by atoms with Crippen molar-refractivity contribution in [3.63, 3.8) is 0 Å². The van der Waals surface area contributed by atoms with Crippen LogP contribution in [0.4, 0.5) is 0 Å². The summed E-state index contributed by atoms with van der Waals surface area (Å²) in [5.74, 6) is -0.834. The Morgan fingerprint density at radius 3 is 2.33 bits per heavy atom. The number of amides is 2. The first-order valence-corrected chi connectivity index (χ1v) is 11.6. The molecule has 2 fully saturated rings. The molecular formula is C22H38N2O6. The maximum Gasteiger partial charge on any atom is 0.303 e. The second kappa shape index (κ2) is 12.9. The summed E-state index contributed by atoms with van der Waals surface area (Å²) in [4.78, 5) is 34.6. The number of nitrogens with one attached hydrogen (secondary N) is 1. The number of ether oxygens (including phenoxy) is 1. The fourth-order valence-corrected chi connectivity index (χ4v) is 4.73. The van der Waals surface area contributed by atoms with Crippen molar-refractivity contribution < 1.29 is 29.4 Å². The molecule has 0 saturated carbocycles. The van der Waals surface area contributed by atoms with Crippen molar-refractivity contribution in [3.8, 4) is 0 Å². The zero-order valence-electron chi connectivity index (χ0n) is 18.2. The van der Waals surface area contributed by atoms with E-state index in [0.29, 0.717) is 23.9 Å². The van der Waals surface area contributed by atoms with E-state index in [9.17, 15) is 19.6 Å². The van der Waals surface area contributed by atoms with Gasteiger partial charge in [0.15, 0.2) is 0 Å². The van der Waals surface area contributed by atoms with Crippen LogP contribution in [0.1, 0.15) is 84.0 Å². The molecule has 0 aliphatic carbocycles. The highest BCUT2D eigenvalue weighted by atomic mass is 16.5. The third-order valence-electron chi connectivity index (χ3n) is 6.38. The molecule has 0 aromatic carbocycles. The molecule has 4 atom stereocenters. The standard InChI is InChI=1S/C22H38N2O6/c1-2-3-6-10-21(26)24(29)15-20(25)23-14-17-16(18-12-13-19(17)30-18)9-7-4-5-8-11-22(27)28/h16-19,29H,2-15H2,1H3,(H,23,25)(H,27,28)/t16-,17+,18-,19+/m0/s1. The Kier molecular flexibility index (Phi) is 10.6. The molecule has 0 unspecified atom stereocenters. The molecule has 0 spiro atoms. The lowest BCUT2D eigenvalue weighted by atomic mass is 9.76. The molecule has 172 valence electrons. The third kappa shape index (κ3) is 7.87. The monoisotopic (exact) mass is 426 g/mol. The Morgan fingerprint density at radius 2 is 1.63 bits per heavy atom. The predicted molar refractivity (Wildman–Crippen MR) is 111 cm³/mol. The largest absolute Gasteiger partial charge is 0.481 e. The van der Waals surface area contributed by atoms with Crippen LogP contribution in [0.2, 0.25) is 0 Å². The Bertz CT molecular complexity index is 570. The number of carboxylic acid groups (broad SMARTS) is 1. The van der Waals surface area contributed by atoms with Gasteiger partial charge in [0.05, 0.1) is 12.2 Å². The van der Waals surface area contributed by atoms with Crippen molar-refractivity contribution in [3.05, 3.63) is 0 Å². The molecule has 0 aromatic rings. The van der Waals surface area contributed by atoms with E-state index < -0.39 is 11.9 Å². The number of carboxylic acids is 1. The van der Waals surface area contributed by atoms with Crippen LogP contribution in [-0.2, 0) is 19.1 Å². The van der Waals surface area contributed by atoms with E-state index in [-0.39, 0.29) is 43.4 Å². The van der Waals surface area contributed by atoms with Gasteiger partial charge in [0.2, 0.25) is 11.8 Å². The zero-order valence-corrected chi connectivity index (χ0v) is 18.2. The van der Waals surface area contributed by atoms with Crippen molar-refractivity contribution in [2.75, 3.05) is 13.1 Å². The second-order valence-corrected chi connectivity index (χ2v) is 8.68. The van der Waals surface area contributed by atoms with Gasteiger partial charge in [-0.3, -0.25) is 19.6 Å². The summed E-state index contributed by atoms with van der Waals surface area (Å²) in [5, 5.41) is 21.9. The van der Waals surface area contributed by atoms with Gasteiger partial charge < -0.3 is 15.2 Å². The zero-order chi connectivity index (χ0) is 21.9. The van der Waals surface area contributed by atoms with Gasteiger partial charge in [-0.2, -0.15) is 0 Å². The van der Waals surface area contributed by atoms with Crippen LogP contribution in [0.3, 0.4) is 0 Å². The van der Waals surface area contributed by atoms with Gasteiger partial charge in [0.25, 0.3) is 0 Å². The number of hydrogen-bond acceptors (Lipinski definition) is 5. The molecule has 2 heterocycles. The molecule has 2 aliphatic rings. The van der Waals surface area contributed by atoms with Crippen molar-refractivity contribution in [2.45, 2.75) is 96.2 Å². The molecule has 2 aliphatic heterocycles. The van der Waals surface area contributed by atoms with Gasteiger partial charge in [-0.05, 0) is 38.0 Å². The summed E-state index contributed by atoms with van der Waals surface area (Å²) in [6.07, 6.45) is 10.4. The summed E-state index contributed by atoms with van der Waals surface area (Å²) >= 11 is 0. The van der Waals surface area contributed by atoms with E-state index in [1.807, 2.05) is 6.92 Å². The minimum absolute atomic E-state index is 0.174. The Hall–Kier alpha value is -1.67. The smallest absolute Gasteiger partial charge is 0.303 e. The minimum atomic E-state index is -0.739. The van der Waals surface area contributed by atoms with E-state index in [1.165, 1.54) is 0 Å². The maximum absolute atomic E-state index is 12.2. The van der Waals surface area contributed by atoms with Crippen LogP contribution >= 0.6 is 0 Å². The number of fused-ring (bicyclic) bond motifs is 2. The van der Waals surface area contributed by atoms with Crippen LogP contribution in [0.25, 0.3) is 0 Å². The first-order chi connectivity index (χ1) is 14.4. The summed E-state index contributed by atoms with van der Waals surface area (Å²) in [6, 6.07) is 0. The number of hydrogen-bond donors (Lipinski definition) is 3. The topological polar surface area (TPSA) is 116 Å². The molecule has 8 heteroatoms. The fraction of sp³-hybridized carbons (Fsp3) is 0.864. The number of aliphatic carboxylic acids is 1. The highest BCUT2D eigenvalue weighted by Gasteiger charge is 2.48. The number of nitrogens with zero attached hydrogens (tertiary/aromatic N) is 1. The lowest BCUT2D eigenvalue weighted by Crippen LogP contribution is -2.43. The van der Waals surface area contributed by atoms with Crippen molar-refractivity contribution >= 4 is 17.8 Å². The molecular weight excluding hydrogens is 388 g/mol. The maximum atomic E-state index is 12.2. The van der Waals surface area contributed by atoms with E-state index >= 15 is 0 Å². The number of unbranched alkanes of at least 4 members (excludes halogenated alkanes) is 5. The molecule has 8 nitrogen and oxygen atoms in total. The number of carbonyl (C=O) groups is 3. The van der Waals surface area contributed by atoms with Crippen LogP contribution in [0.5, 0.6) is 0 Å². The molecule has 2 amide bonds. The van der Waals surface area contributed by atoms with E-state index in [2.05, 4.69) is 5.32 Å². The average Bonchev–Trinajstić information content (AvgIpc) is 3.30. The van der Waals surface area contributed by atoms with Crippen LogP contribution in [-0.4, -0.2) is 58.5 Å². The number of rotatable bonds is 15. The van der Waals surface area contributed by atoms with Gasteiger partial charge in [-0.15, -0.1) is 0 Å². The first kappa shape index (κ1) is 24.6. The van der Waals surface area contributed by atoms with Crippen molar-refractivity contribution in [1.29, 1.82) is 0 Å².